The number of halogens is 1. The van der Waals surface area contributed by atoms with Crippen LogP contribution in [0.5, 0.6) is 5.75 Å². The van der Waals surface area contributed by atoms with E-state index in [9.17, 15) is 9.59 Å². The van der Waals surface area contributed by atoms with Crippen molar-refractivity contribution in [2.24, 2.45) is 5.92 Å². The Morgan fingerprint density at radius 2 is 1.88 bits per heavy atom. The van der Waals surface area contributed by atoms with Gasteiger partial charge in [-0.3, -0.25) is 9.59 Å². The van der Waals surface area contributed by atoms with Gasteiger partial charge in [-0.1, -0.05) is 37.6 Å². The van der Waals surface area contributed by atoms with Crippen molar-refractivity contribution in [3.05, 3.63) is 64.8 Å². The Kier molecular flexibility index (Phi) is 6.94. The molecule has 0 radical (unpaired) electrons. The zero-order valence-electron chi connectivity index (χ0n) is 19.2. The molecule has 1 fully saturated rings. The third-order valence-corrected chi connectivity index (χ3v) is 6.83. The minimum absolute atomic E-state index is 0.0375. The maximum Gasteiger partial charge on any atom is 0.253 e. The lowest BCUT2D eigenvalue weighted by Gasteiger charge is -2.35. The summed E-state index contributed by atoms with van der Waals surface area (Å²) < 4.78 is 5.39. The van der Waals surface area contributed by atoms with E-state index in [-0.39, 0.29) is 17.7 Å². The van der Waals surface area contributed by atoms with Gasteiger partial charge in [-0.2, -0.15) is 0 Å². The summed E-state index contributed by atoms with van der Waals surface area (Å²) in [4.78, 5) is 31.3. The van der Waals surface area contributed by atoms with Crippen molar-refractivity contribution >= 4 is 34.3 Å². The fourth-order valence-corrected chi connectivity index (χ4v) is 4.79. The van der Waals surface area contributed by atoms with Gasteiger partial charge >= 0.3 is 0 Å². The molecule has 4 rings (SSSR count). The largest absolute Gasteiger partial charge is 0.497 e. The Balaban J connectivity index is 1.43. The lowest BCUT2D eigenvalue weighted by atomic mass is 9.88. The van der Waals surface area contributed by atoms with Gasteiger partial charge < -0.3 is 19.9 Å². The summed E-state index contributed by atoms with van der Waals surface area (Å²) in [6, 6.07) is 12.3. The fraction of sp³-hybridized carbons (Fsp3) is 0.385. The first kappa shape index (κ1) is 23.2. The smallest absolute Gasteiger partial charge is 0.253 e. The summed E-state index contributed by atoms with van der Waals surface area (Å²) in [6.45, 7) is 5.21. The molecule has 0 spiro atoms. The summed E-state index contributed by atoms with van der Waals surface area (Å²) >= 11 is 6.17. The molecule has 2 heterocycles. The number of fused-ring (bicyclic) bond motifs is 1. The number of aromatic amines is 1. The Labute approximate surface area is 199 Å². The van der Waals surface area contributed by atoms with E-state index in [1.165, 1.54) is 10.9 Å². The molecule has 6 nitrogen and oxygen atoms in total. The van der Waals surface area contributed by atoms with E-state index in [0.717, 1.165) is 24.1 Å². The van der Waals surface area contributed by atoms with Crippen molar-refractivity contribution in [2.75, 3.05) is 20.2 Å². The molecule has 1 aliphatic heterocycles. The number of carbonyl (C=O) groups excluding carboxylic acids is 2. The number of ether oxygens (including phenoxy) is 1. The van der Waals surface area contributed by atoms with Crippen LogP contribution in [-0.2, 0) is 4.79 Å². The van der Waals surface area contributed by atoms with Crippen LogP contribution in [0.1, 0.15) is 48.5 Å². The normalized spacial score (nSPS) is 15.6. The molecule has 1 aromatic heterocycles. The Bertz CT molecular complexity index is 1150. The number of nitrogens with zero attached hydrogens (tertiary/aromatic N) is 1. The predicted octanol–water partition coefficient (Wildman–Crippen LogP) is 4.99. The first-order chi connectivity index (χ1) is 15.9. The van der Waals surface area contributed by atoms with Crippen molar-refractivity contribution in [2.45, 2.75) is 38.6 Å². The second-order valence-corrected chi connectivity index (χ2v) is 9.34. The van der Waals surface area contributed by atoms with E-state index in [1.807, 2.05) is 30.9 Å². The van der Waals surface area contributed by atoms with Gasteiger partial charge in [-0.25, -0.2) is 0 Å². The van der Waals surface area contributed by atoms with E-state index >= 15 is 0 Å². The third kappa shape index (κ3) is 4.86. The van der Waals surface area contributed by atoms with E-state index < -0.39 is 6.04 Å². The van der Waals surface area contributed by atoms with Crippen molar-refractivity contribution in [3.8, 4) is 5.75 Å². The number of amides is 2. The van der Waals surface area contributed by atoms with Gasteiger partial charge in [0.15, 0.2) is 0 Å². The molecular weight excluding hydrogens is 438 g/mol. The van der Waals surface area contributed by atoms with Gasteiger partial charge in [0.25, 0.3) is 5.91 Å². The molecule has 2 N–H and O–H groups in total. The molecule has 7 heteroatoms. The summed E-state index contributed by atoms with van der Waals surface area (Å²) in [5, 5.41) is 4.46. The number of rotatable bonds is 6. The second-order valence-electron chi connectivity index (χ2n) is 8.93. The van der Waals surface area contributed by atoms with Crippen LogP contribution in [0.15, 0.2) is 48.7 Å². The van der Waals surface area contributed by atoms with Crippen LogP contribution < -0.4 is 10.1 Å². The summed E-state index contributed by atoms with van der Waals surface area (Å²) in [6.07, 6.45) is 3.82. The maximum absolute atomic E-state index is 13.3. The van der Waals surface area contributed by atoms with Gasteiger partial charge in [0.1, 0.15) is 11.8 Å². The van der Waals surface area contributed by atoms with Crippen LogP contribution in [0.25, 0.3) is 10.9 Å². The first-order valence-corrected chi connectivity index (χ1v) is 11.8. The number of hydrogen-bond donors (Lipinski definition) is 2. The molecule has 3 aromatic rings. The van der Waals surface area contributed by atoms with Gasteiger partial charge in [-0.15, -0.1) is 0 Å². The molecular formula is C26H30ClN3O3. The zero-order chi connectivity index (χ0) is 23.5. The van der Waals surface area contributed by atoms with E-state index in [4.69, 9.17) is 16.3 Å². The molecule has 0 aliphatic carbocycles. The molecule has 174 valence electrons. The van der Waals surface area contributed by atoms with Crippen LogP contribution in [0.2, 0.25) is 5.02 Å². The maximum atomic E-state index is 13.3. The Morgan fingerprint density at radius 1 is 1.15 bits per heavy atom. The van der Waals surface area contributed by atoms with E-state index in [1.54, 1.807) is 31.4 Å². The highest BCUT2D eigenvalue weighted by Gasteiger charge is 2.32. The Hall–Kier alpha value is -2.99. The van der Waals surface area contributed by atoms with Crippen molar-refractivity contribution in [1.29, 1.82) is 0 Å². The molecule has 2 amide bonds. The third-order valence-electron chi connectivity index (χ3n) is 6.51. The van der Waals surface area contributed by atoms with Crippen molar-refractivity contribution in [3.63, 3.8) is 0 Å². The number of piperidine rings is 1. The summed E-state index contributed by atoms with van der Waals surface area (Å²) in [5.74, 6) is 0.803. The van der Waals surface area contributed by atoms with Crippen molar-refractivity contribution in [1.82, 2.24) is 15.2 Å². The van der Waals surface area contributed by atoms with Gasteiger partial charge in [0.05, 0.1) is 17.7 Å². The van der Waals surface area contributed by atoms with Crippen LogP contribution in [-0.4, -0.2) is 47.9 Å². The number of H-pyrrole nitrogens is 1. The number of benzene rings is 2. The Morgan fingerprint density at radius 3 is 2.55 bits per heavy atom. The number of carbonyl (C=O) groups is 2. The molecule has 1 atom stereocenters. The lowest BCUT2D eigenvalue weighted by Crippen LogP contribution is -2.52. The topological polar surface area (TPSA) is 74.4 Å². The number of likely N-dealkylation sites (tertiary alicyclic amines) is 1. The fourth-order valence-electron chi connectivity index (χ4n) is 4.57. The average Bonchev–Trinajstić information content (AvgIpc) is 3.25. The number of aromatic nitrogens is 1. The van der Waals surface area contributed by atoms with E-state index in [2.05, 4.69) is 22.6 Å². The highest BCUT2D eigenvalue weighted by Crippen LogP contribution is 2.35. The zero-order valence-corrected chi connectivity index (χ0v) is 20.0. The van der Waals surface area contributed by atoms with Gasteiger partial charge in [0, 0.05) is 30.2 Å². The van der Waals surface area contributed by atoms with Crippen molar-refractivity contribution < 1.29 is 14.3 Å². The predicted molar refractivity (Wildman–Crippen MR) is 131 cm³/mol. The first-order valence-electron chi connectivity index (χ1n) is 11.4. The standard InChI is InChI=1S/C26H30ClN3O3/c1-16(2)24(29-25(31)19-6-4-5-7-22(19)27)26(32)30-12-10-17(11-13-30)21-15-28-23-9-8-18(33-3)14-20(21)23/h4-9,14-17,24,28H,10-13H2,1-3H3,(H,29,31). The highest BCUT2D eigenvalue weighted by atomic mass is 35.5. The molecule has 2 aromatic carbocycles. The molecule has 0 saturated carbocycles. The van der Waals surface area contributed by atoms with Crippen LogP contribution >= 0.6 is 11.6 Å². The average molecular weight is 468 g/mol. The number of hydrogen-bond acceptors (Lipinski definition) is 3. The SMILES string of the molecule is COc1ccc2[nH]cc(C3CCN(C(=O)C(NC(=O)c4ccccc4Cl)C(C)C)CC3)c2c1. The van der Waals surface area contributed by atoms with Crippen LogP contribution in [0, 0.1) is 5.92 Å². The van der Waals surface area contributed by atoms with Crippen LogP contribution in [0.3, 0.4) is 0 Å². The summed E-state index contributed by atoms with van der Waals surface area (Å²) in [5.41, 5.74) is 2.74. The second kappa shape index (κ2) is 9.87. The minimum atomic E-state index is -0.595. The molecule has 33 heavy (non-hydrogen) atoms. The molecule has 1 saturated heterocycles. The highest BCUT2D eigenvalue weighted by molar-refractivity contribution is 6.33. The van der Waals surface area contributed by atoms with Crippen LogP contribution in [0.4, 0.5) is 0 Å². The van der Waals surface area contributed by atoms with Gasteiger partial charge in [0.2, 0.25) is 5.91 Å². The number of methoxy groups -OCH3 is 1. The molecule has 1 unspecified atom stereocenters. The molecule has 1 aliphatic rings. The monoisotopic (exact) mass is 467 g/mol. The quantitative estimate of drug-likeness (QED) is 0.536. The lowest BCUT2D eigenvalue weighted by molar-refractivity contribution is -0.135. The number of nitrogens with one attached hydrogen (secondary N) is 2. The van der Waals surface area contributed by atoms with E-state index in [0.29, 0.717) is 29.6 Å². The van der Waals surface area contributed by atoms with Gasteiger partial charge in [-0.05, 0) is 60.6 Å². The minimum Gasteiger partial charge on any atom is -0.497 e. The molecule has 0 bridgehead atoms. The summed E-state index contributed by atoms with van der Waals surface area (Å²) in [7, 11) is 1.67.